The zero-order chi connectivity index (χ0) is 26.0. The van der Waals surface area contributed by atoms with Gasteiger partial charge in [-0.1, -0.05) is 84.0 Å². The van der Waals surface area contributed by atoms with Crippen LogP contribution in [-0.2, 0) is 14.3 Å². The van der Waals surface area contributed by atoms with E-state index in [2.05, 4.69) is 16.9 Å². The van der Waals surface area contributed by atoms with E-state index in [1.807, 2.05) is 14.1 Å². The Hall–Kier alpha value is -2.22. The van der Waals surface area contributed by atoms with Crippen LogP contribution in [0.4, 0.5) is 5.82 Å². The molecule has 0 amide bonds. The highest BCUT2D eigenvalue weighted by Gasteiger charge is 2.28. The Morgan fingerprint density at radius 1 is 1.06 bits per heavy atom. The first-order chi connectivity index (χ1) is 17.5. The molecule has 0 bridgehead atoms. The van der Waals surface area contributed by atoms with Crippen LogP contribution in [-0.4, -0.2) is 53.6 Å². The minimum absolute atomic E-state index is 0.160. The molecule has 0 aliphatic carbocycles. The third-order valence-corrected chi connectivity index (χ3v) is 6.55. The molecule has 1 saturated heterocycles. The van der Waals surface area contributed by atoms with E-state index < -0.39 is 5.69 Å². The van der Waals surface area contributed by atoms with Crippen molar-refractivity contribution in [3.63, 3.8) is 0 Å². The van der Waals surface area contributed by atoms with Crippen LogP contribution in [0.5, 0.6) is 0 Å². The van der Waals surface area contributed by atoms with Gasteiger partial charge in [0.05, 0.1) is 12.4 Å². The van der Waals surface area contributed by atoms with Crippen LogP contribution in [0.15, 0.2) is 22.1 Å². The maximum atomic E-state index is 12.3. The van der Waals surface area contributed by atoms with Gasteiger partial charge in [-0.05, 0) is 25.3 Å². The van der Waals surface area contributed by atoms with Gasteiger partial charge in [0, 0.05) is 26.7 Å². The Kier molecular flexibility index (Phi) is 15.1. The molecule has 0 unspecified atom stereocenters. The number of ether oxygens (including phenoxy) is 2. The third kappa shape index (κ3) is 12.7. The van der Waals surface area contributed by atoms with Crippen molar-refractivity contribution in [2.75, 3.05) is 20.7 Å². The van der Waals surface area contributed by atoms with Gasteiger partial charge in [0.2, 0.25) is 0 Å². The standard InChI is InChI=1S/C28H48N4O4/c1-4-5-6-7-8-9-10-11-12-13-14-15-16-17-27(33)35-22-24-18-19-26(36-24)32-21-20-25(30-28(32)34)29-23-31(2)3/h20-21,23-24,26H,4-19,22H2,1-3H3/t24-,26+/m0/s1. The molecule has 1 aliphatic rings. The minimum atomic E-state index is -0.395. The second-order valence-corrected chi connectivity index (χ2v) is 10.1. The number of esters is 1. The SMILES string of the molecule is CCCCCCCCCCCCCCCC(=O)OC[C@@H]1CC[C@H](n2ccc(N=CN(C)C)nc2=O)O1. The number of carbonyl (C=O) groups excluding carboxylic acids is 1. The van der Waals surface area contributed by atoms with Gasteiger partial charge in [0.1, 0.15) is 12.8 Å². The minimum Gasteiger partial charge on any atom is -0.463 e. The van der Waals surface area contributed by atoms with E-state index in [0.717, 1.165) is 19.3 Å². The molecule has 8 heteroatoms. The van der Waals surface area contributed by atoms with Gasteiger partial charge >= 0.3 is 11.7 Å². The number of unbranched alkanes of at least 4 members (excludes halogenated alkanes) is 12. The van der Waals surface area contributed by atoms with Crippen molar-refractivity contribution in [3.05, 3.63) is 22.7 Å². The monoisotopic (exact) mass is 504 g/mol. The summed E-state index contributed by atoms with van der Waals surface area (Å²) in [5.41, 5.74) is -0.395. The number of aromatic nitrogens is 2. The van der Waals surface area contributed by atoms with E-state index in [1.54, 1.807) is 23.5 Å². The van der Waals surface area contributed by atoms with Crippen LogP contribution in [0, 0.1) is 0 Å². The summed E-state index contributed by atoms with van der Waals surface area (Å²) in [6.07, 6.45) is 21.3. The van der Waals surface area contributed by atoms with E-state index >= 15 is 0 Å². The zero-order valence-electron chi connectivity index (χ0n) is 22.8. The lowest BCUT2D eigenvalue weighted by atomic mass is 10.0. The summed E-state index contributed by atoms with van der Waals surface area (Å²) in [5.74, 6) is 0.202. The number of aliphatic imine (C=N–C) groups is 1. The van der Waals surface area contributed by atoms with Crippen molar-refractivity contribution in [3.8, 4) is 0 Å². The lowest BCUT2D eigenvalue weighted by molar-refractivity contribution is -0.148. The molecule has 36 heavy (non-hydrogen) atoms. The molecule has 0 N–H and O–H groups in total. The third-order valence-electron chi connectivity index (χ3n) is 6.55. The first kappa shape index (κ1) is 30.0. The molecule has 1 fully saturated rings. The normalized spacial score (nSPS) is 17.6. The average molecular weight is 505 g/mol. The number of nitrogens with zero attached hydrogens (tertiary/aromatic N) is 4. The summed E-state index contributed by atoms with van der Waals surface area (Å²) < 4.78 is 12.8. The van der Waals surface area contributed by atoms with Gasteiger partial charge in [-0.2, -0.15) is 4.98 Å². The summed E-state index contributed by atoms with van der Waals surface area (Å²) in [4.78, 5) is 34.4. The van der Waals surface area contributed by atoms with Crippen molar-refractivity contribution in [2.24, 2.45) is 4.99 Å². The smallest absolute Gasteiger partial charge is 0.351 e. The maximum Gasteiger partial charge on any atom is 0.351 e. The Balaban J connectivity index is 1.50. The summed E-state index contributed by atoms with van der Waals surface area (Å²) in [6.45, 7) is 2.50. The van der Waals surface area contributed by atoms with Crippen molar-refractivity contribution in [1.29, 1.82) is 0 Å². The average Bonchev–Trinajstić information content (AvgIpc) is 3.33. The van der Waals surface area contributed by atoms with E-state index in [-0.39, 0.29) is 24.9 Å². The molecule has 2 heterocycles. The molecular weight excluding hydrogens is 456 g/mol. The first-order valence-corrected chi connectivity index (χ1v) is 14.1. The predicted molar refractivity (Wildman–Crippen MR) is 145 cm³/mol. The van der Waals surface area contributed by atoms with E-state index in [0.29, 0.717) is 18.7 Å². The lowest BCUT2D eigenvalue weighted by Crippen LogP contribution is -2.27. The van der Waals surface area contributed by atoms with Crippen LogP contribution in [0.3, 0.4) is 0 Å². The quantitative estimate of drug-likeness (QED) is 0.0969. The number of hydrogen-bond acceptors (Lipinski definition) is 6. The summed E-state index contributed by atoms with van der Waals surface area (Å²) in [6, 6.07) is 1.69. The van der Waals surface area contributed by atoms with Crippen molar-refractivity contribution < 1.29 is 14.3 Å². The summed E-state index contributed by atoms with van der Waals surface area (Å²) in [7, 11) is 3.70. The fourth-order valence-corrected chi connectivity index (χ4v) is 4.43. The molecule has 0 aromatic carbocycles. The molecular formula is C28H48N4O4. The first-order valence-electron chi connectivity index (χ1n) is 14.1. The van der Waals surface area contributed by atoms with Crippen molar-refractivity contribution in [1.82, 2.24) is 14.5 Å². The van der Waals surface area contributed by atoms with Crippen LogP contribution in [0.2, 0.25) is 0 Å². The highest BCUT2D eigenvalue weighted by atomic mass is 16.6. The molecule has 2 rings (SSSR count). The zero-order valence-corrected chi connectivity index (χ0v) is 22.8. The van der Waals surface area contributed by atoms with Crippen molar-refractivity contribution >= 4 is 18.1 Å². The molecule has 8 nitrogen and oxygen atoms in total. The molecule has 0 saturated carbocycles. The molecule has 2 atom stereocenters. The van der Waals surface area contributed by atoms with Crippen LogP contribution < -0.4 is 5.69 Å². The second-order valence-electron chi connectivity index (χ2n) is 10.1. The molecule has 1 aliphatic heterocycles. The Labute approximate surface area is 217 Å². The number of carbonyl (C=O) groups is 1. The largest absolute Gasteiger partial charge is 0.463 e. The molecule has 204 valence electrons. The highest BCUT2D eigenvalue weighted by molar-refractivity contribution is 5.69. The lowest BCUT2D eigenvalue weighted by Gasteiger charge is -2.15. The van der Waals surface area contributed by atoms with Crippen LogP contribution >= 0.6 is 0 Å². The van der Waals surface area contributed by atoms with E-state index in [9.17, 15) is 9.59 Å². The fraction of sp³-hybridized carbons (Fsp3) is 0.786. The molecule has 1 aromatic rings. The second kappa shape index (κ2) is 18.1. The van der Waals surface area contributed by atoms with Gasteiger partial charge in [0.15, 0.2) is 5.82 Å². The molecule has 1 aromatic heterocycles. The predicted octanol–water partition coefficient (Wildman–Crippen LogP) is 6.17. The van der Waals surface area contributed by atoms with Crippen LogP contribution in [0.1, 0.15) is 116 Å². The Morgan fingerprint density at radius 2 is 1.67 bits per heavy atom. The Bertz CT molecular complexity index is 824. The Morgan fingerprint density at radius 3 is 2.25 bits per heavy atom. The van der Waals surface area contributed by atoms with Gasteiger partial charge in [0.25, 0.3) is 0 Å². The maximum absolute atomic E-state index is 12.3. The number of rotatable bonds is 19. The van der Waals surface area contributed by atoms with Crippen LogP contribution in [0.25, 0.3) is 0 Å². The topological polar surface area (TPSA) is 86.0 Å². The number of hydrogen-bond donors (Lipinski definition) is 0. The van der Waals surface area contributed by atoms with E-state index in [1.165, 1.54) is 75.2 Å². The summed E-state index contributed by atoms with van der Waals surface area (Å²) in [5, 5.41) is 0. The van der Waals surface area contributed by atoms with Gasteiger partial charge in [-0.15, -0.1) is 0 Å². The molecule has 0 radical (unpaired) electrons. The summed E-state index contributed by atoms with van der Waals surface area (Å²) >= 11 is 0. The van der Waals surface area contributed by atoms with E-state index in [4.69, 9.17) is 9.47 Å². The van der Waals surface area contributed by atoms with Gasteiger partial charge < -0.3 is 14.4 Å². The van der Waals surface area contributed by atoms with Crippen molar-refractivity contribution in [2.45, 2.75) is 122 Å². The highest BCUT2D eigenvalue weighted by Crippen LogP contribution is 2.27. The molecule has 0 spiro atoms. The van der Waals surface area contributed by atoms with Gasteiger partial charge in [-0.3, -0.25) is 9.36 Å². The fourth-order valence-electron chi connectivity index (χ4n) is 4.43. The van der Waals surface area contributed by atoms with Gasteiger partial charge in [-0.25, -0.2) is 9.79 Å².